The number of Topliss-reactive ketones (excluding diaryl/α,β-unsaturated/α-hetero) is 1. The fourth-order valence-electron chi connectivity index (χ4n) is 1.78. The van der Waals surface area contributed by atoms with Crippen LogP contribution < -0.4 is 0 Å². The van der Waals surface area contributed by atoms with Gasteiger partial charge in [-0.15, -0.1) is 0 Å². The molecule has 1 aromatic carbocycles. The van der Waals surface area contributed by atoms with Crippen LogP contribution in [0.4, 0.5) is 0 Å². The second kappa shape index (κ2) is 8.09. The van der Waals surface area contributed by atoms with Crippen LogP contribution in [-0.2, 0) is 0 Å². The number of ketones is 1. The number of rotatable bonds is 4. The molecule has 0 radical (unpaired) electrons. The van der Waals surface area contributed by atoms with E-state index in [-0.39, 0.29) is 11.7 Å². The standard InChI is InChI=1S/C13H18O.C2H6/c1-4-12(10(2)3)13(14)11-8-6-5-7-9-11;1-2/h5-10,12H,4H2,1-3H3;1-2H3. The van der Waals surface area contributed by atoms with E-state index < -0.39 is 0 Å². The zero-order valence-corrected chi connectivity index (χ0v) is 11.2. The van der Waals surface area contributed by atoms with Crippen molar-refractivity contribution in [1.29, 1.82) is 0 Å². The second-order valence-corrected chi connectivity index (χ2v) is 3.99. The van der Waals surface area contributed by atoms with Crippen molar-refractivity contribution in [3.05, 3.63) is 35.9 Å². The Morgan fingerprint density at radius 2 is 1.62 bits per heavy atom. The molecule has 1 aromatic rings. The van der Waals surface area contributed by atoms with Gasteiger partial charge in [-0.1, -0.05) is 65.0 Å². The molecule has 16 heavy (non-hydrogen) atoms. The summed E-state index contributed by atoms with van der Waals surface area (Å²) in [6.45, 7) is 10.3. The predicted octanol–water partition coefficient (Wildman–Crippen LogP) is 4.58. The van der Waals surface area contributed by atoms with Gasteiger partial charge in [-0.2, -0.15) is 0 Å². The number of benzene rings is 1. The topological polar surface area (TPSA) is 17.1 Å². The molecular weight excluding hydrogens is 196 g/mol. The fourth-order valence-corrected chi connectivity index (χ4v) is 1.78. The van der Waals surface area contributed by atoms with Crippen molar-refractivity contribution in [3.63, 3.8) is 0 Å². The third-order valence-electron chi connectivity index (χ3n) is 2.64. The van der Waals surface area contributed by atoms with Crippen LogP contribution in [0.3, 0.4) is 0 Å². The maximum Gasteiger partial charge on any atom is 0.166 e. The third-order valence-corrected chi connectivity index (χ3v) is 2.64. The minimum atomic E-state index is 0.164. The molecule has 1 atom stereocenters. The summed E-state index contributed by atoms with van der Waals surface area (Å²) in [4.78, 5) is 12.0. The first-order valence-electron chi connectivity index (χ1n) is 6.26. The molecule has 0 heterocycles. The molecule has 0 saturated carbocycles. The van der Waals surface area contributed by atoms with Crippen molar-refractivity contribution in [2.24, 2.45) is 11.8 Å². The van der Waals surface area contributed by atoms with Crippen LogP contribution in [0.2, 0.25) is 0 Å². The lowest BCUT2D eigenvalue weighted by Crippen LogP contribution is -2.19. The molecule has 0 fully saturated rings. The Hall–Kier alpha value is -1.11. The summed E-state index contributed by atoms with van der Waals surface area (Å²) in [5.41, 5.74) is 0.841. The van der Waals surface area contributed by atoms with Crippen LogP contribution in [0, 0.1) is 11.8 Å². The van der Waals surface area contributed by atoms with E-state index in [0.29, 0.717) is 5.92 Å². The van der Waals surface area contributed by atoms with Crippen molar-refractivity contribution in [3.8, 4) is 0 Å². The largest absolute Gasteiger partial charge is 0.294 e. The Morgan fingerprint density at radius 1 is 1.12 bits per heavy atom. The van der Waals surface area contributed by atoms with E-state index in [1.165, 1.54) is 0 Å². The van der Waals surface area contributed by atoms with E-state index in [1.54, 1.807) is 0 Å². The molecule has 1 rings (SSSR count). The van der Waals surface area contributed by atoms with Gasteiger partial charge in [0.25, 0.3) is 0 Å². The molecular formula is C15H24O. The highest BCUT2D eigenvalue weighted by Gasteiger charge is 2.20. The highest BCUT2D eigenvalue weighted by atomic mass is 16.1. The monoisotopic (exact) mass is 220 g/mol. The highest BCUT2D eigenvalue weighted by molar-refractivity contribution is 5.97. The van der Waals surface area contributed by atoms with E-state index in [1.807, 2.05) is 44.2 Å². The van der Waals surface area contributed by atoms with E-state index in [4.69, 9.17) is 0 Å². The van der Waals surface area contributed by atoms with Crippen molar-refractivity contribution >= 4 is 5.78 Å². The van der Waals surface area contributed by atoms with E-state index >= 15 is 0 Å². The fraction of sp³-hybridized carbons (Fsp3) is 0.533. The summed E-state index contributed by atoms with van der Waals surface area (Å²) >= 11 is 0. The number of carbonyl (C=O) groups is 1. The first kappa shape index (κ1) is 14.9. The molecule has 0 spiro atoms. The summed E-state index contributed by atoms with van der Waals surface area (Å²) < 4.78 is 0. The molecule has 1 heteroatoms. The van der Waals surface area contributed by atoms with Gasteiger partial charge in [0.2, 0.25) is 0 Å². The molecule has 0 aromatic heterocycles. The molecule has 0 aliphatic rings. The molecule has 1 unspecified atom stereocenters. The van der Waals surface area contributed by atoms with Crippen LogP contribution >= 0.6 is 0 Å². The van der Waals surface area contributed by atoms with Crippen LogP contribution in [0.15, 0.2) is 30.3 Å². The van der Waals surface area contributed by atoms with Crippen LogP contribution in [0.25, 0.3) is 0 Å². The predicted molar refractivity (Wildman–Crippen MR) is 70.7 cm³/mol. The van der Waals surface area contributed by atoms with Crippen molar-refractivity contribution < 1.29 is 4.79 Å². The van der Waals surface area contributed by atoms with E-state index in [2.05, 4.69) is 20.8 Å². The first-order chi connectivity index (χ1) is 7.66. The Labute approximate surface area is 99.9 Å². The zero-order chi connectivity index (χ0) is 12.6. The summed E-state index contributed by atoms with van der Waals surface area (Å²) in [5.74, 6) is 0.869. The van der Waals surface area contributed by atoms with Gasteiger partial charge in [-0.3, -0.25) is 4.79 Å². The van der Waals surface area contributed by atoms with Crippen LogP contribution in [0.1, 0.15) is 51.4 Å². The normalized spacial score (nSPS) is 11.6. The van der Waals surface area contributed by atoms with Gasteiger partial charge < -0.3 is 0 Å². The Morgan fingerprint density at radius 3 is 2.00 bits per heavy atom. The lowest BCUT2D eigenvalue weighted by atomic mass is 9.86. The van der Waals surface area contributed by atoms with Gasteiger partial charge in [0.15, 0.2) is 5.78 Å². The minimum absolute atomic E-state index is 0.164. The lowest BCUT2D eigenvalue weighted by molar-refractivity contribution is 0.0882. The minimum Gasteiger partial charge on any atom is -0.294 e. The Bertz CT molecular complexity index is 288. The van der Waals surface area contributed by atoms with Crippen molar-refractivity contribution in [1.82, 2.24) is 0 Å². The summed E-state index contributed by atoms with van der Waals surface area (Å²) in [7, 11) is 0. The molecule has 0 bridgehead atoms. The molecule has 90 valence electrons. The van der Waals surface area contributed by atoms with E-state index in [9.17, 15) is 4.79 Å². The molecule has 0 amide bonds. The summed E-state index contributed by atoms with van der Waals surface area (Å²) in [6.07, 6.45) is 0.922. The van der Waals surface area contributed by atoms with Gasteiger partial charge in [0.05, 0.1) is 0 Å². The van der Waals surface area contributed by atoms with Gasteiger partial charge in [-0.25, -0.2) is 0 Å². The molecule has 0 N–H and O–H groups in total. The maximum atomic E-state index is 12.0. The van der Waals surface area contributed by atoms with Crippen molar-refractivity contribution in [2.45, 2.75) is 41.0 Å². The first-order valence-corrected chi connectivity index (χ1v) is 6.26. The smallest absolute Gasteiger partial charge is 0.166 e. The maximum absolute atomic E-state index is 12.0. The average molecular weight is 220 g/mol. The van der Waals surface area contributed by atoms with Crippen LogP contribution in [-0.4, -0.2) is 5.78 Å². The highest BCUT2D eigenvalue weighted by Crippen LogP contribution is 2.20. The second-order valence-electron chi connectivity index (χ2n) is 3.99. The molecule has 1 nitrogen and oxygen atoms in total. The molecule has 0 saturated heterocycles. The van der Waals surface area contributed by atoms with E-state index in [0.717, 1.165) is 12.0 Å². The number of carbonyl (C=O) groups excluding carboxylic acids is 1. The SMILES string of the molecule is CC.CCC(C(=O)c1ccccc1)C(C)C. The Kier molecular flexibility index (Phi) is 7.53. The van der Waals surface area contributed by atoms with Gasteiger partial charge in [0, 0.05) is 11.5 Å². The lowest BCUT2D eigenvalue weighted by Gasteiger charge is -2.17. The van der Waals surface area contributed by atoms with Crippen molar-refractivity contribution in [2.75, 3.05) is 0 Å². The summed E-state index contributed by atoms with van der Waals surface area (Å²) in [5, 5.41) is 0. The zero-order valence-electron chi connectivity index (χ0n) is 11.2. The molecule has 0 aliphatic carbocycles. The van der Waals surface area contributed by atoms with Gasteiger partial charge in [0.1, 0.15) is 0 Å². The average Bonchev–Trinajstić information content (AvgIpc) is 2.33. The summed E-state index contributed by atoms with van der Waals surface area (Å²) in [6, 6.07) is 9.56. The quantitative estimate of drug-likeness (QED) is 0.679. The van der Waals surface area contributed by atoms with Gasteiger partial charge in [-0.05, 0) is 12.3 Å². The van der Waals surface area contributed by atoms with Gasteiger partial charge >= 0.3 is 0 Å². The molecule has 0 aliphatic heterocycles. The number of hydrogen-bond acceptors (Lipinski definition) is 1. The van der Waals surface area contributed by atoms with Crippen LogP contribution in [0.5, 0.6) is 0 Å². The number of hydrogen-bond donors (Lipinski definition) is 0. The Balaban J connectivity index is 0.00000106. The third kappa shape index (κ3) is 4.18.